The largest absolute Gasteiger partial charge is 1.00 e. The minimum Gasteiger partial charge on any atom is -1.00 e. The average Bonchev–Trinajstić information content (AvgIpc) is 2.51. The number of rotatable bonds is 2. The van der Waals surface area contributed by atoms with Crippen LogP contribution in [-0.4, -0.2) is 32.7 Å². The first kappa shape index (κ1) is 17.6. The summed E-state index contributed by atoms with van der Waals surface area (Å²) in [5, 5.41) is 0. The lowest BCUT2D eigenvalue weighted by Gasteiger charge is -2.47. The molecule has 2 aromatic carbocycles. The summed E-state index contributed by atoms with van der Waals surface area (Å²) < 4.78 is 1.01. The molecule has 0 amide bonds. The maximum atomic E-state index is 5.80. The van der Waals surface area contributed by atoms with Gasteiger partial charge in [-0.05, 0) is 49.7 Å². The molecule has 3 nitrogen and oxygen atoms in total. The molecule has 0 radical (unpaired) electrons. The fourth-order valence-corrected chi connectivity index (χ4v) is 3.39. The lowest BCUT2D eigenvalue weighted by atomic mass is 10.1. The molecule has 0 bridgehead atoms. The number of nitrogens with zero attached hydrogens (tertiary/aromatic N) is 2. The lowest BCUT2D eigenvalue weighted by molar-refractivity contribution is -0.00000463. The van der Waals surface area contributed by atoms with E-state index in [1.54, 1.807) is 0 Å². The van der Waals surface area contributed by atoms with Gasteiger partial charge in [0.25, 0.3) is 0 Å². The molecule has 1 fully saturated rings. The number of aryl methyl sites for hydroxylation is 1. The number of benzene rings is 2. The number of hydrogen-bond acceptors (Lipinski definition) is 2. The van der Waals surface area contributed by atoms with Gasteiger partial charge in [-0.15, -0.1) is 0 Å². The Morgan fingerprint density at radius 3 is 2.43 bits per heavy atom. The molecule has 3 rings (SSSR count). The van der Waals surface area contributed by atoms with Crippen LogP contribution < -0.4 is 27.5 Å². The topological polar surface area (TPSA) is 29.3 Å². The Balaban J connectivity index is 0.00000192. The van der Waals surface area contributed by atoms with Crippen molar-refractivity contribution in [1.29, 1.82) is 0 Å². The second kappa shape index (κ2) is 6.81. The Morgan fingerprint density at radius 1 is 1.13 bits per heavy atom. The second-order valence-electron chi connectivity index (χ2n) is 6.72. The Hall–Kier alpha value is -1.71. The predicted molar refractivity (Wildman–Crippen MR) is 96.3 cm³/mol. The number of anilines is 2. The van der Waals surface area contributed by atoms with Crippen LogP contribution in [0.1, 0.15) is 12.5 Å². The molecule has 1 saturated heterocycles. The van der Waals surface area contributed by atoms with Crippen molar-refractivity contribution >= 4 is 17.1 Å². The molecule has 2 atom stereocenters. The molecule has 0 spiro atoms. The first-order chi connectivity index (χ1) is 10.5. The summed E-state index contributed by atoms with van der Waals surface area (Å²) in [7, 11) is 2.36. The summed E-state index contributed by atoms with van der Waals surface area (Å²) in [6.45, 7) is 7.78. The van der Waals surface area contributed by atoms with Crippen LogP contribution in [0.15, 0.2) is 48.5 Å². The summed E-state index contributed by atoms with van der Waals surface area (Å²) in [4.78, 5) is 2.47. The van der Waals surface area contributed by atoms with Gasteiger partial charge in [-0.25, -0.2) is 0 Å². The fraction of sp³-hybridized carbons (Fsp3) is 0.368. The normalized spacial score (nSPS) is 24.1. The Kier molecular flexibility index (Phi) is 5.23. The molecule has 2 aromatic rings. The molecule has 2 N–H and O–H groups in total. The first-order valence-corrected chi connectivity index (χ1v) is 8.02. The van der Waals surface area contributed by atoms with Gasteiger partial charge in [0.2, 0.25) is 0 Å². The van der Waals surface area contributed by atoms with Crippen LogP contribution in [0.3, 0.4) is 0 Å². The summed E-state index contributed by atoms with van der Waals surface area (Å²) in [5.41, 5.74) is 10.7. The molecule has 23 heavy (non-hydrogen) atoms. The third-order valence-electron chi connectivity index (χ3n) is 5.14. The van der Waals surface area contributed by atoms with Crippen molar-refractivity contribution in [3.05, 3.63) is 54.1 Å². The van der Waals surface area contributed by atoms with Crippen LogP contribution in [-0.2, 0) is 0 Å². The number of likely N-dealkylation sites (N-methyl/N-ethyl adjacent to an activating group) is 1. The number of nitrogen functional groups attached to an aromatic ring is 1. The molecule has 124 valence electrons. The average molecular weight is 332 g/mol. The summed E-state index contributed by atoms with van der Waals surface area (Å²) in [6.07, 6.45) is 0. The van der Waals surface area contributed by atoms with Gasteiger partial charge in [-0.1, -0.05) is 12.1 Å². The number of halogens is 1. The molecule has 2 unspecified atom stereocenters. The number of piperazine rings is 1. The Bertz CT molecular complexity index is 656. The number of quaternary nitrogens is 1. The molecule has 1 aliphatic heterocycles. The molecule has 4 heteroatoms. The van der Waals surface area contributed by atoms with Crippen molar-refractivity contribution in [1.82, 2.24) is 4.48 Å². The molecule has 1 heterocycles. The van der Waals surface area contributed by atoms with Gasteiger partial charge < -0.3 is 23.0 Å². The summed E-state index contributed by atoms with van der Waals surface area (Å²) in [6, 6.07) is 17.7. The number of hydrogen-bond donors (Lipinski definition) is 1. The number of nitrogens with two attached hydrogens (primary N) is 1. The van der Waals surface area contributed by atoms with Crippen molar-refractivity contribution in [2.75, 3.05) is 37.3 Å². The van der Waals surface area contributed by atoms with Gasteiger partial charge in [-0.3, -0.25) is 4.48 Å². The highest BCUT2D eigenvalue weighted by atomic mass is 35.5. The highest BCUT2D eigenvalue weighted by Crippen LogP contribution is 2.30. The quantitative estimate of drug-likeness (QED) is 0.638. The second-order valence-corrected chi connectivity index (χ2v) is 6.72. The van der Waals surface area contributed by atoms with Gasteiger partial charge in [0.05, 0.1) is 20.1 Å². The third kappa shape index (κ3) is 3.46. The standard InChI is InChI=1S/C19H26N3.ClH/c1-15-5-4-6-19(13-15)22(3)12-11-21(14-16(22)2)18-9-7-17(20)8-10-18;/h4-10,13,16H,11-12,14,20H2,1-3H3;1H/q+1;/p-1. The monoisotopic (exact) mass is 331 g/mol. The molecular formula is C19H26ClN3. The zero-order chi connectivity index (χ0) is 15.7. The van der Waals surface area contributed by atoms with Crippen LogP contribution in [0.4, 0.5) is 17.1 Å². The summed E-state index contributed by atoms with van der Waals surface area (Å²) in [5.74, 6) is 0. The van der Waals surface area contributed by atoms with Crippen molar-refractivity contribution in [3.63, 3.8) is 0 Å². The molecule has 0 saturated carbocycles. The zero-order valence-corrected chi connectivity index (χ0v) is 14.9. The van der Waals surface area contributed by atoms with Crippen molar-refractivity contribution < 1.29 is 12.4 Å². The Morgan fingerprint density at radius 2 is 1.83 bits per heavy atom. The minimum atomic E-state index is 0. The highest BCUT2D eigenvalue weighted by molar-refractivity contribution is 5.55. The van der Waals surface area contributed by atoms with Crippen LogP contribution >= 0.6 is 0 Å². The molecule has 1 aliphatic rings. The van der Waals surface area contributed by atoms with E-state index in [9.17, 15) is 0 Å². The van der Waals surface area contributed by atoms with Crippen molar-refractivity contribution in [3.8, 4) is 0 Å². The van der Waals surface area contributed by atoms with Gasteiger partial charge >= 0.3 is 0 Å². The molecule has 0 aliphatic carbocycles. The van der Waals surface area contributed by atoms with E-state index in [-0.39, 0.29) is 12.4 Å². The van der Waals surface area contributed by atoms with E-state index in [0.29, 0.717) is 6.04 Å². The van der Waals surface area contributed by atoms with Gasteiger partial charge in [-0.2, -0.15) is 0 Å². The van der Waals surface area contributed by atoms with Gasteiger partial charge in [0, 0.05) is 17.4 Å². The van der Waals surface area contributed by atoms with Crippen LogP contribution in [0.5, 0.6) is 0 Å². The maximum absolute atomic E-state index is 5.80. The van der Waals surface area contributed by atoms with Crippen molar-refractivity contribution in [2.24, 2.45) is 0 Å². The van der Waals surface area contributed by atoms with Crippen molar-refractivity contribution in [2.45, 2.75) is 19.9 Å². The maximum Gasteiger partial charge on any atom is 0.133 e. The van der Waals surface area contributed by atoms with E-state index in [4.69, 9.17) is 5.73 Å². The van der Waals surface area contributed by atoms with E-state index >= 15 is 0 Å². The van der Waals surface area contributed by atoms with E-state index in [2.05, 4.69) is 62.2 Å². The van der Waals surface area contributed by atoms with E-state index in [1.165, 1.54) is 16.9 Å². The first-order valence-electron chi connectivity index (χ1n) is 8.02. The Labute approximate surface area is 145 Å². The van der Waals surface area contributed by atoms with E-state index < -0.39 is 0 Å². The van der Waals surface area contributed by atoms with Gasteiger partial charge in [0.1, 0.15) is 18.3 Å². The van der Waals surface area contributed by atoms with Crippen LogP contribution in [0.2, 0.25) is 0 Å². The highest BCUT2D eigenvalue weighted by Gasteiger charge is 2.37. The minimum absolute atomic E-state index is 0. The third-order valence-corrected chi connectivity index (χ3v) is 5.14. The molecular weight excluding hydrogens is 306 g/mol. The predicted octanol–water partition coefficient (Wildman–Crippen LogP) is 0.427. The SMILES string of the molecule is Cc1cccc([N+]2(C)CCN(c3ccc(N)cc3)CC2C)c1.[Cl-]. The smallest absolute Gasteiger partial charge is 0.133 e. The van der Waals surface area contributed by atoms with Crippen LogP contribution in [0.25, 0.3) is 0 Å². The van der Waals surface area contributed by atoms with E-state index in [0.717, 1.165) is 29.8 Å². The van der Waals surface area contributed by atoms with E-state index in [1.807, 2.05) is 12.1 Å². The summed E-state index contributed by atoms with van der Waals surface area (Å²) >= 11 is 0. The van der Waals surface area contributed by atoms with Crippen LogP contribution in [0, 0.1) is 6.92 Å². The lowest BCUT2D eigenvalue weighted by Crippen LogP contribution is -3.00. The fourth-order valence-electron chi connectivity index (χ4n) is 3.39. The molecule has 0 aromatic heterocycles. The van der Waals surface area contributed by atoms with Gasteiger partial charge in [0.15, 0.2) is 0 Å². The zero-order valence-electron chi connectivity index (χ0n) is 14.2.